The topological polar surface area (TPSA) is 66.8 Å². The Morgan fingerprint density at radius 1 is 1.17 bits per heavy atom. The first-order valence-corrected chi connectivity index (χ1v) is 8.97. The van der Waals surface area contributed by atoms with Gasteiger partial charge in [0.2, 0.25) is 0 Å². The molecule has 5 nitrogen and oxygen atoms in total. The highest BCUT2D eigenvalue weighted by Gasteiger charge is 2.38. The van der Waals surface area contributed by atoms with Gasteiger partial charge in [-0.2, -0.15) is 0 Å². The monoisotopic (exact) mass is 349 g/mol. The highest BCUT2D eigenvalue weighted by molar-refractivity contribution is 8.04. The van der Waals surface area contributed by atoms with E-state index in [2.05, 4.69) is 0 Å². The normalized spacial score (nSPS) is 15.1. The number of rotatable bonds is 8. The second-order valence-electron chi connectivity index (χ2n) is 5.82. The molecule has 1 N–H and O–H groups in total. The summed E-state index contributed by atoms with van der Waals surface area (Å²) in [7, 11) is 0. The predicted molar refractivity (Wildman–Crippen MR) is 95.5 cm³/mol. The fourth-order valence-electron chi connectivity index (χ4n) is 2.39. The molecule has 0 bridgehead atoms. The van der Waals surface area contributed by atoms with Crippen LogP contribution in [0.15, 0.2) is 29.2 Å². The van der Waals surface area contributed by atoms with Gasteiger partial charge in [-0.05, 0) is 26.3 Å². The van der Waals surface area contributed by atoms with Gasteiger partial charge in [0.15, 0.2) is 0 Å². The van der Waals surface area contributed by atoms with Crippen molar-refractivity contribution in [2.45, 2.75) is 26.9 Å². The molecule has 6 heteroatoms. The molecule has 2 amide bonds. The van der Waals surface area contributed by atoms with Gasteiger partial charge < -0.3 is 9.84 Å². The molecule has 1 aromatic rings. The lowest BCUT2D eigenvalue weighted by atomic mass is 10.0. The average molecular weight is 349 g/mol. The zero-order chi connectivity index (χ0) is 17.7. The lowest BCUT2D eigenvalue weighted by Crippen LogP contribution is -2.35. The van der Waals surface area contributed by atoms with Gasteiger partial charge in [0.1, 0.15) is 0 Å². The van der Waals surface area contributed by atoms with E-state index in [1.807, 2.05) is 45.0 Å². The van der Waals surface area contributed by atoms with Crippen molar-refractivity contribution in [3.63, 3.8) is 0 Å². The Morgan fingerprint density at radius 2 is 1.83 bits per heavy atom. The fourth-order valence-corrected chi connectivity index (χ4v) is 3.27. The summed E-state index contributed by atoms with van der Waals surface area (Å²) < 4.78 is 5.46. The highest BCUT2D eigenvalue weighted by Crippen LogP contribution is 2.35. The number of hydrogen-bond acceptors (Lipinski definition) is 5. The maximum absolute atomic E-state index is 12.8. The zero-order valence-corrected chi connectivity index (χ0v) is 15.1. The molecule has 0 aromatic heterocycles. The van der Waals surface area contributed by atoms with Gasteiger partial charge in [-0.15, -0.1) is 11.8 Å². The van der Waals surface area contributed by atoms with E-state index in [0.29, 0.717) is 22.8 Å². The molecule has 0 saturated carbocycles. The molecule has 0 unspecified atom stereocenters. The number of aryl methyl sites for hydroxylation is 1. The van der Waals surface area contributed by atoms with Crippen LogP contribution in [0.2, 0.25) is 0 Å². The maximum Gasteiger partial charge on any atom is 0.268 e. The van der Waals surface area contributed by atoms with E-state index < -0.39 is 0 Å². The number of aliphatic hydroxyl groups is 1. The molecule has 1 aliphatic heterocycles. The van der Waals surface area contributed by atoms with Crippen molar-refractivity contribution in [3.8, 4) is 0 Å². The van der Waals surface area contributed by atoms with E-state index in [1.165, 1.54) is 16.7 Å². The quantitative estimate of drug-likeness (QED) is 0.729. The van der Waals surface area contributed by atoms with Crippen molar-refractivity contribution in [1.82, 2.24) is 4.90 Å². The summed E-state index contributed by atoms with van der Waals surface area (Å²) in [5.74, 6) is -0.224. The van der Waals surface area contributed by atoms with Gasteiger partial charge in [-0.25, -0.2) is 0 Å². The van der Waals surface area contributed by atoms with Crippen LogP contribution in [0.1, 0.15) is 25.0 Å². The minimum atomic E-state index is -0.304. The third kappa shape index (κ3) is 4.26. The number of nitrogens with zero attached hydrogens (tertiary/aromatic N) is 1. The largest absolute Gasteiger partial charge is 0.396 e. The molecular formula is C18H23NO4S. The summed E-state index contributed by atoms with van der Waals surface area (Å²) in [4.78, 5) is 27.0. The average Bonchev–Trinajstić information content (AvgIpc) is 2.77. The second kappa shape index (κ2) is 8.46. The van der Waals surface area contributed by atoms with Gasteiger partial charge in [-0.1, -0.05) is 29.8 Å². The van der Waals surface area contributed by atoms with Crippen LogP contribution in [0.25, 0.3) is 5.57 Å². The maximum atomic E-state index is 12.8. The Hall–Kier alpha value is -1.63. The molecule has 1 aromatic carbocycles. The third-order valence-electron chi connectivity index (χ3n) is 3.57. The summed E-state index contributed by atoms with van der Waals surface area (Å²) in [6.45, 7) is 6.28. The van der Waals surface area contributed by atoms with Crippen LogP contribution in [0, 0.1) is 6.92 Å². The molecule has 0 aliphatic carbocycles. The van der Waals surface area contributed by atoms with Crippen LogP contribution in [0.5, 0.6) is 0 Å². The summed E-state index contributed by atoms with van der Waals surface area (Å²) in [6.07, 6.45) is 0.0468. The van der Waals surface area contributed by atoms with Gasteiger partial charge in [0, 0.05) is 5.75 Å². The SMILES string of the molecule is Cc1ccc(C2=C(SCCO)C(=O)N(CCOC(C)C)C2=O)cc1. The van der Waals surface area contributed by atoms with Crippen molar-refractivity contribution in [1.29, 1.82) is 0 Å². The summed E-state index contributed by atoms with van der Waals surface area (Å²) in [6, 6.07) is 7.53. The van der Waals surface area contributed by atoms with Gasteiger partial charge in [0.05, 0.1) is 36.3 Å². The number of aliphatic hydroxyl groups excluding tert-OH is 1. The number of carbonyl (C=O) groups excluding carboxylic acids is 2. The van der Waals surface area contributed by atoms with Crippen LogP contribution < -0.4 is 0 Å². The molecule has 0 spiro atoms. The Morgan fingerprint density at radius 3 is 2.42 bits per heavy atom. The smallest absolute Gasteiger partial charge is 0.268 e. The summed E-state index contributed by atoms with van der Waals surface area (Å²) >= 11 is 1.22. The van der Waals surface area contributed by atoms with E-state index in [0.717, 1.165) is 11.1 Å². The lowest BCUT2D eigenvalue weighted by molar-refractivity contribution is -0.137. The molecule has 2 rings (SSSR count). The number of hydrogen-bond donors (Lipinski definition) is 1. The van der Waals surface area contributed by atoms with Gasteiger partial charge in [-0.3, -0.25) is 14.5 Å². The highest BCUT2D eigenvalue weighted by atomic mass is 32.2. The van der Waals surface area contributed by atoms with E-state index in [4.69, 9.17) is 9.84 Å². The van der Waals surface area contributed by atoms with Crippen LogP contribution in [-0.2, 0) is 14.3 Å². The minimum Gasteiger partial charge on any atom is -0.396 e. The van der Waals surface area contributed by atoms with Crippen LogP contribution >= 0.6 is 11.8 Å². The minimum absolute atomic E-state index is 0.0468. The first-order chi connectivity index (χ1) is 11.5. The third-order valence-corrected chi connectivity index (χ3v) is 4.62. The zero-order valence-electron chi connectivity index (χ0n) is 14.2. The van der Waals surface area contributed by atoms with Crippen molar-refractivity contribution < 1.29 is 19.4 Å². The Balaban J connectivity index is 2.27. The number of amides is 2. The van der Waals surface area contributed by atoms with E-state index in [9.17, 15) is 9.59 Å². The molecule has 0 saturated heterocycles. The Kier molecular flexibility index (Phi) is 6.60. The summed E-state index contributed by atoms with van der Waals surface area (Å²) in [5, 5.41) is 9.07. The van der Waals surface area contributed by atoms with Crippen molar-refractivity contribution in [3.05, 3.63) is 40.3 Å². The number of imide groups is 1. The van der Waals surface area contributed by atoms with Crippen molar-refractivity contribution in [2.24, 2.45) is 0 Å². The first kappa shape index (κ1) is 18.7. The van der Waals surface area contributed by atoms with E-state index in [-0.39, 0.29) is 31.1 Å². The van der Waals surface area contributed by atoms with Crippen molar-refractivity contribution in [2.75, 3.05) is 25.5 Å². The molecule has 1 heterocycles. The molecule has 1 aliphatic rings. The number of carbonyl (C=O) groups is 2. The molecular weight excluding hydrogens is 326 g/mol. The van der Waals surface area contributed by atoms with Gasteiger partial charge in [0.25, 0.3) is 11.8 Å². The van der Waals surface area contributed by atoms with Crippen LogP contribution in [0.3, 0.4) is 0 Å². The fraction of sp³-hybridized carbons (Fsp3) is 0.444. The van der Waals surface area contributed by atoms with Gasteiger partial charge >= 0.3 is 0 Å². The Bertz CT molecular complexity index is 637. The Labute approximate surface area is 146 Å². The second-order valence-corrected chi connectivity index (χ2v) is 6.93. The molecule has 0 radical (unpaired) electrons. The van der Waals surface area contributed by atoms with E-state index >= 15 is 0 Å². The van der Waals surface area contributed by atoms with Crippen LogP contribution in [0.4, 0.5) is 0 Å². The van der Waals surface area contributed by atoms with Crippen LogP contribution in [-0.4, -0.2) is 53.4 Å². The predicted octanol–water partition coefficient (Wildman–Crippen LogP) is 2.23. The standard InChI is InChI=1S/C18H23NO4S/c1-12(2)23-10-8-19-17(21)15(14-6-4-13(3)5-7-14)16(18(19)22)24-11-9-20/h4-7,12,20H,8-11H2,1-3H3. The molecule has 130 valence electrons. The molecule has 0 atom stereocenters. The molecule has 24 heavy (non-hydrogen) atoms. The number of benzene rings is 1. The molecule has 0 fully saturated rings. The first-order valence-electron chi connectivity index (χ1n) is 7.98. The summed E-state index contributed by atoms with van der Waals surface area (Å²) in [5.41, 5.74) is 2.23. The lowest BCUT2D eigenvalue weighted by Gasteiger charge is -2.16. The van der Waals surface area contributed by atoms with E-state index in [1.54, 1.807) is 0 Å². The van der Waals surface area contributed by atoms with Crippen molar-refractivity contribution >= 4 is 29.1 Å². The number of ether oxygens (including phenoxy) is 1. The number of thioether (sulfide) groups is 1.